The Morgan fingerprint density at radius 2 is 1.61 bits per heavy atom. The molecule has 3 heterocycles. The summed E-state index contributed by atoms with van der Waals surface area (Å²) >= 11 is 0. The van der Waals surface area contributed by atoms with Crippen molar-refractivity contribution in [1.29, 1.82) is 0 Å². The summed E-state index contributed by atoms with van der Waals surface area (Å²) in [5.74, 6) is 1.77. The van der Waals surface area contributed by atoms with Crippen molar-refractivity contribution in [3.63, 3.8) is 0 Å². The van der Waals surface area contributed by atoms with Crippen LogP contribution in [0.4, 0.5) is 17.5 Å². The Bertz CT molecular complexity index is 954. The summed E-state index contributed by atoms with van der Waals surface area (Å²) < 4.78 is 5.52. The lowest BCUT2D eigenvalue weighted by atomic mass is 10.0. The number of morpholine rings is 1. The van der Waals surface area contributed by atoms with Gasteiger partial charge in [0, 0.05) is 37.0 Å². The molecule has 0 bridgehead atoms. The smallest absolute Gasteiger partial charge is 0.228 e. The largest absolute Gasteiger partial charge is 0.378 e. The number of aromatic nitrogens is 2. The van der Waals surface area contributed by atoms with Gasteiger partial charge in [0.1, 0.15) is 5.82 Å². The Morgan fingerprint density at radius 3 is 2.46 bits per heavy atom. The molecule has 28 heavy (non-hydrogen) atoms. The highest BCUT2D eigenvalue weighted by atomic mass is 16.5. The van der Waals surface area contributed by atoms with Crippen molar-refractivity contribution in [1.82, 2.24) is 9.97 Å². The van der Waals surface area contributed by atoms with Gasteiger partial charge in [0.25, 0.3) is 0 Å². The average Bonchev–Trinajstić information content (AvgIpc) is 2.79. The van der Waals surface area contributed by atoms with E-state index in [9.17, 15) is 0 Å². The molecule has 5 nitrogen and oxygen atoms in total. The van der Waals surface area contributed by atoms with Gasteiger partial charge < -0.3 is 14.5 Å². The number of aryl methyl sites for hydroxylation is 1. The first-order valence-corrected chi connectivity index (χ1v) is 10.0. The monoisotopic (exact) mass is 372 g/mol. The predicted molar refractivity (Wildman–Crippen MR) is 112 cm³/mol. The van der Waals surface area contributed by atoms with E-state index in [-0.39, 0.29) is 0 Å². The zero-order chi connectivity index (χ0) is 18.8. The molecule has 1 saturated heterocycles. The van der Waals surface area contributed by atoms with Gasteiger partial charge in [0.15, 0.2) is 0 Å². The van der Waals surface area contributed by atoms with Crippen LogP contribution in [-0.4, -0.2) is 42.8 Å². The topological polar surface area (TPSA) is 41.5 Å². The van der Waals surface area contributed by atoms with E-state index < -0.39 is 0 Å². The molecule has 5 heteroatoms. The first kappa shape index (κ1) is 17.2. The number of anilines is 3. The number of nitrogens with zero attached hydrogens (tertiary/aromatic N) is 4. The van der Waals surface area contributed by atoms with E-state index in [1.807, 2.05) is 6.07 Å². The SMILES string of the molecule is c1ccc(-c2cc(N3CCCc4ccccc43)nc(N3CCOCC3)n2)cc1. The lowest BCUT2D eigenvalue weighted by Crippen LogP contribution is -2.37. The van der Waals surface area contributed by atoms with Gasteiger partial charge in [-0.05, 0) is 24.5 Å². The lowest BCUT2D eigenvalue weighted by Gasteiger charge is -2.32. The van der Waals surface area contributed by atoms with Crippen LogP contribution in [-0.2, 0) is 11.2 Å². The van der Waals surface area contributed by atoms with Crippen molar-refractivity contribution < 1.29 is 4.74 Å². The van der Waals surface area contributed by atoms with Crippen molar-refractivity contribution in [3.8, 4) is 11.3 Å². The molecular weight excluding hydrogens is 348 g/mol. The minimum Gasteiger partial charge on any atom is -0.378 e. The molecule has 0 N–H and O–H groups in total. The minimum absolute atomic E-state index is 0.723. The van der Waals surface area contributed by atoms with Gasteiger partial charge >= 0.3 is 0 Å². The maximum Gasteiger partial charge on any atom is 0.228 e. The quantitative estimate of drug-likeness (QED) is 0.693. The Morgan fingerprint density at radius 1 is 0.821 bits per heavy atom. The molecule has 0 amide bonds. The van der Waals surface area contributed by atoms with Gasteiger partial charge in [0.2, 0.25) is 5.95 Å². The maximum absolute atomic E-state index is 5.52. The van der Waals surface area contributed by atoms with E-state index in [2.05, 4.69) is 64.4 Å². The first-order valence-electron chi connectivity index (χ1n) is 10.0. The number of rotatable bonds is 3. The molecule has 3 aromatic rings. The second kappa shape index (κ2) is 7.60. The molecule has 5 rings (SSSR count). The van der Waals surface area contributed by atoms with Crippen molar-refractivity contribution in [2.45, 2.75) is 12.8 Å². The number of benzene rings is 2. The molecule has 0 spiro atoms. The zero-order valence-electron chi connectivity index (χ0n) is 15.9. The van der Waals surface area contributed by atoms with Crippen LogP contribution in [0.2, 0.25) is 0 Å². The summed E-state index contributed by atoms with van der Waals surface area (Å²) in [6.07, 6.45) is 2.26. The van der Waals surface area contributed by atoms with E-state index in [4.69, 9.17) is 14.7 Å². The summed E-state index contributed by atoms with van der Waals surface area (Å²) in [7, 11) is 0. The average molecular weight is 372 g/mol. The van der Waals surface area contributed by atoms with Crippen LogP contribution in [0.1, 0.15) is 12.0 Å². The minimum atomic E-state index is 0.723. The summed E-state index contributed by atoms with van der Waals surface area (Å²) in [6.45, 7) is 4.08. The van der Waals surface area contributed by atoms with Crippen molar-refractivity contribution in [3.05, 3.63) is 66.2 Å². The molecule has 0 saturated carbocycles. The molecule has 2 aliphatic heterocycles. The van der Waals surface area contributed by atoms with Gasteiger partial charge in [-0.25, -0.2) is 4.98 Å². The maximum atomic E-state index is 5.52. The number of hydrogen-bond acceptors (Lipinski definition) is 5. The van der Waals surface area contributed by atoms with Crippen LogP contribution in [0.3, 0.4) is 0 Å². The van der Waals surface area contributed by atoms with Crippen LogP contribution in [0, 0.1) is 0 Å². The molecule has 142 valence electrons. The van der Waals surface area contributed by atoms with Crippen LogP contribution in [0.25, 0.3) is 11.3 Å². The van der Waals surface area contributed by atoms with E-state index in [0.717, 1.165) is 68.7 Å². The van der Waals surface area contributed by atoms with Crippen molar-refractivity contribution >= 4 is 17.5 Å². The summed E-state index contributed by atoms with van der Waals surface area (Å²) in [6, 6.07) is 21.2. The van der Waals surface area contributed by atoms with E-state index in [0.29, 0.717) is 0 Å². The van der Waals surface area contributed by atoms with Crippen LogP contribution >= 0.6 is 0 Å². The van der Waals surface area contributed by atoms with Gasteiger partial charge in [-0.15, -0.1) is 0 Å². The molecule has 0 radical (unpaired) electrons. The zero-order valence-corrected chi connectivity index (χ0v) is 15.9. The Balaban J connectivity index is 1.61. The third kappa shape index (κ3) is 3.34. The Kier molecular flexibility index (Phi) is 4.67. The standard InChI is InChI=1S/C23H24N4O/c1-2-7-18(8-3-1)20-17-22(25-23(24-20)26-13-15-28-16-14-26)27-12-6-10-19-9-4-5-11-21(19)27/h1-5,7-9,11,17H,6,10,12-16H2. The number of hydrogen-bond donors (Lipinski definition) is 0. The molecular formula is C23H24N4O. The molecule has 1 aromatic heterocycles. The highest BCUT2D eigenvalue weighted by Crippen LogP contribution is 2.34. The molecule has 0 aliphatic carbocycles. The first-order chi connectivity index (χ1) is 13.9. The van der Waals surface area contributed by atoms with E-state index in [1.165, 1.54) is 11.3 Å². The fraction of sp³-hybridized carbons (Fsp3) is 0.304. The normalized spacial score (nSPS) is 16.7. The molecule has 0 unspecified atom stereocenters. The number of para-hydroxylation sites is 1. The Labute approximate surface area is 165 Å². The van der Waals surface area contributed by atoms with Crippen LogP contribution in [0.15, 0.2) is 60.7 Å². The number of ether oxygens (including phenoxy) is 1. The summed E-state index contributed by atoms with van der Waals surface area (Å²) in [4.78, 5) is 14.5. The van der Waals surface area contributed by atoms with E-state index >= 15 is 0 Å². The second-order valence-electron chi connectivity index (χ2n) is 7.26. The highest BCUT2D eigenvalue weighted by molar-refractivity contribution is 5.71. The summed E-state index contributed by atoms with van der Waals surface area (Å²) in [5.41, 5.74) is 4.74. The van der Waals surface area contributed by atoms with Gasteiger partial charge in [-0.2, -0.15) is 4.98 Å². The van der Waals surface area contributed by atoms with E-state index in [1.54, 1.807) is 0 Å². The second-order valence-corrected chi connectivity index (χ2v) is 7.26. The fourth-order valence-corrected chi connectivity index (χ4v) is 3.99. The fourth-order valence-electron chi connectivity index (χ4n) is 3.99. The van der Waals surface area contributed by atoms with Crippen LogP contribution in [0.5, 0.6) is 0 Å². The van der Waals surface area contributed by atoms with Gasteiger partial charge in [-0.3, -0.25) is 0 Å². The van der Waals surface area contributed by atoms with Gasteiger partial charge in [-0.1, -0.05) is 48.5 Å². The lowest BCUT2D eigenvalue weighted by molar-refractivity contribution is 0.122. The van der Waals surface area contributed by atoms with Crippen LogP contribution < -0.4 is 9.80 Å². The molecule has 2 aliphatic rings. The molecule has 1 fully saturated rings. The molecule has 2 aromatic carbocycles. The highest BCUT2D eigenvalue weighted by Gasteiger charge is 2.22. The Hall–Kier alpha value is -2.92. The third-order valence-electron chi connectivity index (χ3n) is 5.45. The summed E-state index contributed by atoms with van der Waals surface area (Å²) in [5, 5.41) is 0. The van der Waals surface area contributed by atoms with Crippen molar-refractivity contribution in [2.24, 2.45) is 0 Å². The molecule has 0 atom stereocenters. The number of fused-ring (bicyclic) bond motifs is 1. The van der Waals surface area contributed by atoms with Crippen molar-refractivity contribution in [2.75, 3.05) is 42.6 Å². The predicted octanol–water partition coefficient (Wildman–Crippen LogP) is 4.06. The van der Waals surface area contributed by atoms with Gasteiger partial charge in [0.05, 0.1) is 18.9 Å². The third-order valence-corrected chi connectivity index (χ3v) is 5.45.